The normalized spacial score (nSPS) is 10.1. The molecule has 4 nitrogen and oxygen atoms in total. The molecule has 0 saturated heterocycles. The molecule has 0 aliphatic heterocycles. The Kier molecular flexibility index (Phi) is 6.11. The molecule has 0 aliphatic rings. The minimum absolute atomic E-state index is 0.0987. The number of aryl methyl sites for hydroxylation is 1. The SMILES string of the molecule is Cc1cccc(C(=O)NCCCCC(=O)O)c1I. The van der Waals surface area contributed by atoms with Gasteiger partial charge >= 0.3 is 5.97 Å². The Morgan fingerprint density at radius 2 is 2.06 bits per heavy atom. The number of carbonyl (C=O) groups excluding carboxylic acids is 1. The second kappa shape index (κ2) is 7.35. The Labute approximate surface area is 120 Å². The lowest BCUT2D eigenvalue weighted by Crippen LogP contribution is -2.25. The van der Waals surface area contributed by atoms with Crippen molar-refractivity contribution in [2.24, 2.45) is 0 Å². The summed E-state index contributed by atoms with van der Waals surface area (Å²) in [6, 6.07) is 5.61. The van der Waals surface area contributed by atoms with Crippen LogP contribution in [-0.4, -0.2) is 23.5 Å². The Hall–Kier alpha value is -1.11. The Morgan fingerprint density at radius 1 is 1.33 bits per heavy atom. The fraction of sp³-hybridized carbons (Fsp3) is 0.385. The first-order chi connectivity index (χ1) is 8.52. The van der Waals surface area contributed by atoms with Gasteiger partial charge in [-0.05, 0) is 54.0 Å². The number of unbranched alkanes of at least 4 members (excludes halogenated alkanes) is 1. The molecule has 0 fully saturated rings. The maximum absolute atomic E-state index is 11.9. The molecule has 0 atom stereocenters. The van der Waals surface area contributed by atoms with Gasteiger partial charge in [0.15, 0.2) is 0 Å². The lowest BCUT2D eigenvalue weighted by Gasteiger charge is -2.08. The highest BCUT2D eigenvalue weighted by Gasteiger charge is 2.10. The van der Waals surface area contributed by atoms with Crippen molar-refractivity contribution in [1.29, 1.82) is 0 Å². The van der Waals surface area contributed by atoms with Crippen LogP contribution in [0.4, 0.5) is 0 Å². The summed E-state index contributed by atoms with van der Waals surface area (Å²) in [5.41, 5.74) is 1.75. The van der Waals surface area contributed by atoms with Gasteiger partial charge in [0.2, 0.25) is 0 Å². The maximum atomic E-state index is 11.9. The number of hydrogen-bond donors (Lipinski definition) is 2. The van der Waals surface area contributed by atoms with Gasteiger partial charge in [-0.15, -0.1) is 0 Å². The highest BCUT2D eigenvalue weighted by Crippen LogP contribution is 2.16. The van der Waals surface area contributed by atoms with Gasteiger partial charge in [-0.25, -0.2) is 0 Å². The Bertz CT molecular complexity index is 446. The summed E-state index contributed by atoms with van der Waals surface area (Å²) in [4.78, 5) is 22.2. The summed E-state index contributed by atoms with van der Waals surface area (Å²) >= 11 is 2.16. The first kappa shape index (κ1) is 14.9. The molecule has 0 aromatic heterocycles. The third-order valence-electron chi connectivity index (χ3n) is 2.54. The van der Waals surface area contributed by atoms with Crippen LogP contribution in [0.5, 0.6) is 0 Å². The quantitative estimate of drug-likeness (QED) is 0.605. The molecule has 0 unspecified atom stereocenters. The van der Waals surface area contributed by atoms with Crippen LogP contribution in [0.25, 0.3) is 0 Å². The van der Waals surface area contributed by atoms with E-state index in [0.29, 0.717) is 24.9 Å². The van der Waals surface area contributed by atoms with E-state index in [1.165, 1.54) is 0 Å². The predicted molar refractivity (Wildman–Crippen MR) is 77.7 cm³/mol. The first-order valence-corrected chi connectivity index (χ1v) is 6.85. The monoisotopic (exact) mass is 361 g/mol. The molecule has 2 N–H and O–H groups in total. The molecule has 0 radical (unpaired) electrons. The molecular weight excluding hydrogens is 345 g/mol. The van der Waals surface area contributed by atoms with Crippen LogP contribution in [0.15, 0.2) is 18.2 Å². The molecule has 0 aliphatic carbocycles. The van der Waals surface area contributed by atoms with E-state index in [1.54, 1.807) is 6.07 Å². The second-order valence-electron chi connectivity index (χ2n) is 4.04. The summed E-state index contributed by atoms with van der Waals surface area (Å²) < 4.78 is 0.957. The van der Waals surface area contributed by atoms with Gasteiger partial charge in [0.25, 0.3) is 5.91 Å². The summed E-state index contributed by atoms with van der Waals surface area (Å²) in [5, 5.41) is 11.3. The van der Waals surface area contributed by atoms with E-state index >= 15 is 0 Å². The third-order valence-corrected chi connectivity index (χ3v) is 3.97. The van der Waals surface area contributed by atoms with Gasteiger partial charge in [-0.3, -0.25) is 9.59 Å². The fourth-order valence-corrected chi connectivity index (χ4v) is 2.13. The molecular formula is C13H16INO3. The van der Waals surface area contributed by atoms with Crippen LogP contribution in [0.1, 0.15) is 35.2 Å². The molecule has 0 saturated carbocycles. The summed E-state index contributed by atoms with van der Waals surface area (Å²) in [6.45, 7) is 2.47. The van der Waals surface area contributed by atoms with Crippen molar-refractivity contribution in [1.82, 2.24) is 5.32 Å². The van der Waals surface area contributed by atoms with E-state index in [0.717, 1.165) is 9.13 Å². The zero-order valence-corrected chi connectivity index (χ0v) is 12.4. The van der Waals surface area contributed by atoms with Gasteiger partial charge in [0.05, 0.1) is 5.56 Å². The number of benzene rings is 1. The number of rotatable bonds is 6. The lowest BCUT2D eigenvalue weighted by molar-refractivity contribution is -0.137. The van der Waals surface area contributed by atoms with Gasteiger partial charge in [0.1, 0.15) is 0 Å². The van der Waals surface area contributed by atoms with Crippen LogP contribution in [-0.2, 0) is 4.79 Å². The van der Waals surface area contributed by atoms with E-state index in [9.17, 15) is 9.59 Å². The van der Waals surface area contributed by atoms with Gasteiger partial charge in [0, 0.05) is 16.5 Å². The van der Waals surface area contributed by atoms with Crippen molar-refractivity contribution in [3.63, 3.8) is 0 Å². The van der Waals surface area contributed by atoms with Crippen LogP contribution in [0, 0.1) is 10.5 Å². The number of carbonyl (C=O) groups is 2. The van der Waals surface area contributed by atoms with Gasteiger partial charge in [-0.1, -0.05) is 12.1 Å². The highest BCUT2D eigenvalue weighted by molar-refractivity contribution is 14.1. The predicted octanol–water partition coefficient (Wildman–Crippen LogP) is 2.58. The number of hydrogen-bond acceptors (Lipinski definition) is 2. The third kappa shape index (κ3) is 4.64. The van der Waals surface area contributed by atoms with E-state index in [-0.39, 0.29) is 12.3 Å². The van der Waals surface area contributed by atoms with Crippen molar-refractivity contribution >= 4 is 34.5 Å². The zero-order valence-electron chi connectivity index (χ0n) is 10.2. The maximum Gasteiger partial charge on any atom is 0.303 e. The molecule has 5 heteroatoms. The molecule has 18 heavy (non-hydrogen) atoms. The molecule has 1 amide bonds. The molecule has 1 rings (SSSR count). The molecule has 0 heterocycles. The lowest BCUT2D eigenvalue weighted by atomic mass is 10.1. The molecule has 98 valence electrons. The summed E-state index contributed by atoms with van der Waals surface area (Å²) in [5.74, 6) is -0.895. The van der Waals surface area contributed by atoms with E-state index in [2.05, 4.69) is 27.9 Å². The van der Waals surface area contributed by atoms with Gasteiger partial charge < -0.3 is 10.4 Å². The summed E-state index contributed by atoms with van der Waals surface area (Å²) in [6.07, 6.45) is 1.42. The van der Waals surface area contributed by atoms with Crippen LogP contribution >= 0.6 is 22.6 Å². The van der Waals surface area contributed by atoms with Crippen molar-refractivity contribution in [3.8, 4) is 0 Å². The number of carboxylic acids is 1. The van der Waals surface area contributed by atoms with E-state index in [4.69, 9.17) is 5.11 Å². The first-order valence-electron chi connectivity index (χ1n) is 5.77. The largest absolute Gasteiger partial charge is 0.481 e. The minimum atomic E-state index is -0.797. The molecule has 0 spiro atoms. The Balaban J connectivity index is 2.41. The number of aliphatic carboxylic acids is 1. The van der Waals surface area contributed by atoms with Crippen LogP contribution < -0.4 is 5.32 Å². The number of amides is 1. The molecule has 1 aromatic carbocycles. The number of carboxylic acid groups (broad SMARTS) is 1. The van der Waals surface area contributed by atoms with Crippen LogP contribution in [0.2, 0.25) is 0 Å². The zero-order chi connectivity index (χ0) is 13.5. The standard InChI is InChI=1S/C13H16INO3/c1-9-5-4-6-10(12(9)14)13(18)15-8-3-2-7-11(16)17/h4-6H,2-3,7-8H2,1H3,(H,15,18)(H,16,17). The van der Waals surface area contributed by atoms with Gasteiger partial charge in [-0.2, -0.15) is 0 Å². The smallest absolute Gasteiger partial charge is 0.303 e. The van der Waals surface area contributed by atoms with Crippen LogP contribution in [0.3, 0.4) is 0 Å². The average Bonchev–Trinajstić information content (AvgIpc) is 2.31. The van der Waals surface area contributed by atoms with Crippen molar-refractivity contribution < 1.29 is 14.7 Å². The van der Waals surface area contributed by atoms with Crippen molar-refractivity contribution in [2.75, 3.05) is 6.54 Å². The number of nitrogens with one attached hydrogen (secondary N) is 1. The second-order valence-corrected chi connectivity index (χ2v) is 5.12. The topological polar surface area (TPSA) is 66.4 Å². The number of halogens is 1. The molecule has 0 bridgehead atoms. The minimum Gasteiger partial charge on any atom is -0.481 e. The van der Waals surface area contributed by atoms with Crippen molar-refractivity contribution in [2.45, 2.75) is 26.2 Å². The average molecular weight is 361 g/mol. The highest BCUT2D eigenvalue weighted by atomic mass is 127. The molecule has 1 aromatic rings. The van der Waals surface area contributed by atoms with Crippen molar-refractivity contribution in [3.05, 3.63) is 32.9 Å². The van der Waals surface area contributed by atoms with E-state index < -0.39 is 5.97 Å². The Morgan fingerprint density at radius 3 is 2.72 bits per heavy atom. The summed E-state index contributed by atoms with van der Waals surface area (Å²) in [7, 11) is 0. The van der Waals surface area contributed by atoms with E-state index in [1.807, 2.05) is 19.1 Å². The fourth-order valence-electron chi connectivity index (χ4n) is 1.52.